The van der Waals surface area contributed by atoms with Crippen LogP contribution in [0.2, 0.25) is 0 Å². The number of rotatable bonds is 4. The van der Waals surface area contributed by atoms with Gasteiger partial charge in [-0.05, 0) is 30.2 Å². The van der Waals surface area contributed by atoms with Crippen molar-refractivity contribution < 1.29 is 14.4 Å². The molecule has 1 aliphatic rings. The number of carboxylic acids is 1. The lowest BCUT2D eigenvalue weighted by Gasteiger charge is -2.17. The molecule has 1 aromatic carbocycles. The van der Waals surface area contributed by atoms with Crippen LogP contribution in [0.3, 0.4) is 0 Å². The predicted octanol–water partition coefficient (Wildman–Crippen LogP) is 1.89. The Labute approximate surface area is 116 Å². The summed E-state index contributed by atoms with van der Waals surface area (Å²) in [7, 11) is 0. The topological polar surface area (TPSA) is 79.5 Å². The average Bonchev–Trinajstić information content (AvgIpc) is 3.06. The molecule has 0 saturated heterocycles. The first-order valence-electron chi connectivity index (χ1n) is 6.60. The van der Waals surface area contributed by atoms with Crippen LogP contribution in [-0.4, -0.2) is 27.8 Å². The summed E-state index contributed by atoms with van der Waals surface area (Å²) < 4.78 is 5.10. The SMILES string of the molecule is CCc1nc(CN2CCc3cc(C(=O)O)ccc32)no1. The smallest absolute Gasteiger partial charge is 0.335 e. The third kappa shape index (κ3) is 2.24. The van der Waals surface area contributed by atoms with Crippen LogP contribution in [0.15, 0.2) is 22.7 Å². The minimum atomic E-state index is -0.892. The quantitative estimate of drug-likeness (QED) is 0.916. The van der Waals surface area contributed by atoms with Crippen molar-refractivity contribution in [2.75, 3.05) is 11.4 Å². The largest absolute Gasteiger partial charge is 0.478 e. The lowest BCUT2D eigenvalue weighted by atomic mass is 10.1. The Hall–Kier alpha value is -2.37. The molecule has 0 radical (unpaired) electrons. The number of carboxylic acid groups (broad SMARTS) is 1. The van der Waals surface area contributed by atoms with Gasteiger partial charge in [0.1, 0.15) is 0 Å². The van der Waals surface area contributed by atoms with Crippen LogP contribution >= 0.6 is 0 Å². The summed E-state index contributed by atoms with van der Waals surface area (Å²) in [5.74, 6) is 0.412. The fraction of sp³-hybridized carbons (Fsp3) is 0.357. The Morgan fingerprint density at radius 3 is 3.05 bits per heavy atom. The standard InChI is InChI=1S/C14H15N3O3/c1-2-13-15-12(16-20-13)8-17-6-5-9-7-10(14(18)19)3-4-11(9)17/h3-4,7H,2,5-6,8H2,1H3,(H,18,19). The van der Waals surface area contributed by atoms with Gasteiger partial charge in [0.25, 0.3) is 0 Å². The number of aromatic carboxylic acids is 1. The summed E-state index contributed by atoms with van der Waals surface area (Å²) >= 11 is 0. The predicted molar refractivity (Wildman–Crippen MR) is 71.8 cm³/mol. The zero-order chi connectivity index (χ0) is 14.1. The minimum absolute atomic E-state index is 0.332. The van der Waals surface area contributed by atoms with Gasteiger partial charge in [-0.2, -0.15) is 4.98 Å². The molecule has 0 bridgehead atoms. The van der Waals surface area contributed by atoms with Crippen molar-refractivity contribution in [1.29, 1.82) is 0 Å². The number of benzene rings is 1. The van der Waals surface area contributed by atoms with Crippen LogP contribution in [0.4, 0.5) is 5.69 Å². The molecule has 1 aliphatic heterocycles. The van der Waals surface area contributed by atoms with Gasteiger partial charge in [-0.3, -0.25) is 0 Å². The molecule has 2 aromatic rings. The highest BCUT2D eigenvalue weighted by molar-refractivity contribution is 5.88. The van der Waals surface area contributed by atoms with Crippen molar-refractivity contribution in [2.45, 2.75) is 26.3 Å². The summed E-state index contributed by atoms with van der Waals surface area (Å²) in [5, 5.41) is 12.9. The van der Waals surface area contributed by atoms with E-state index in [0.717, 1.165) is 30.6 Å². The second kappa shape index (κ2) is 4.96. The molecule has 0 amide bonds. The number of anilines is 1. The molecular weight excluding hydrogens is 258 g/mol. The van der Waals surface area contributed by atoms with Crippen LogP contribution in [0.5, 0.6) is 0 Å². The Morgan fingerprint density at radius 2 is 2.35 bits per heavy atom. The molecule has 1 aromatic heterocycles. The van der Waals surface area contributed by atoms with E-state index in [9.17, 15) is 4.79 Å². The van der Waals surface area contributed by atoms with Gasteiger partial charge < -0.3 is 14.5 Å². The average molecular weight is 273 g/mol. The third-order valence-electron chi connectivity index (χ3n) is 3.46. The highest BCUT2D eigenvalue weighted by atomic mass is 16.5. The number of fused-ring (bicyclic) bond motifs is 1. The first-order valence-corrected chi connectivity index (χ1v) is 6.60. The number of aryl methyl sites for hydroxylation is 1. The molecule has 6 heteroatoms. The van der Waals surface area contributed by atoms with E-state index in [2.05, 4.69) is 15.0 Å². The van der Waals surface area contributed by atoms with Crippen LogP contribution < -0.4 is 4.90 Å². The van der Waals surface area contributed by atoms with Gasteiger partial charge in [-0.15, -0.1) is 0 Å². The van der Waals surface area contributed by atoms with E-state index in [1.807, 2.05) is 13.0 Å². The van der Waals surface area contributed by atoms with E-state index < -0.39 is 5.97 Å². The first-order chi connectivity index (χ1) is 9.67. The summed E-state index contributed by atoms with van der Waals surface area (Å²) in [6.45, 7) is 3.40. The Morgan fingerprint density at radius 1 is 1.50 bits per heavy atom. The monoisotopic (exact) mass is 273 g/mol. The fourth-order valence-corrected chi connectivity index (χ4v) is 2.44. The molecule has 0 saturated carbocycles. The molecule has 3 rings (SSSR count). The van der Waals surface area contributed by atoms with E-state index in [1.54, 1.807) is 12.1 Å². The molecule has 104 valence electrons. The summed E-state index contributed by atoms with van der Waals surface area (Å²) in [4.78, 5) is 17.4. The molecule has 0 unspecified atom stereocenters. The van der Waals surface area contributed by atoms with Gasteiger partial charge in [-0.1, -0.05) is 12.1 Å². The second-order valence-electron chi connectivity index (χ2n) is 4.78. The molecule has 20 heavy (non-hydrogen) atoms. The van der Waals surface area contributed by atoms with Crippen molar-refractivity contribution in [3.63, 3.8) is 0 Å². The normalized spacial score (nSPS) is 13.6. The number of hydrogen-bond acceptors (Lipinski definition) is 5. The van der Waals surface area contributed by atoms with Gasteiger partial charge in [0.2, 0.25) is 5.89 Å². The van der Waals surface area contributed by atoms with E-state index in [1.165, 1.54) is 0 Å². The Balaban J connectivity index is 1.80. The van der Waals surface area contributed by atoms with Gasteiger partial charge in [0, 0.05) is 18.7 Å². The van der Waals surface area contributed by atoms with Crippen LogP contribution in [0, 0.1) is 0 Å². The molecule has 1 N–H and O–H groups in total. The zero-order valence-corrected chi connectivity index (χ0v) is 11.2. The summed E-state index contributed by atoms with van der Waals surface area (Å²) in [6.07, 6.45) is 1.57. The number of carbonyl (C=O) groups is 1. The molecule has 2 heterocycles. The van der Waals surface area contributed by atoms with E-state index in [4.69, 9.17) is 9.63 Å². The van der Waals surface area contributed by atoms with Crippen molar-refractivity contribution >= 4 is 11.7 Å². The maximum absolute atomic E-state index is 11.0. The van der Waals surface area contributed by atoms with Crippen molar-refractivity contribution in [1.82, 2.24) is 10.1 Å². The highest BCUT2D eigenvalue weighted by Gasteiger charge is 2.22. The number of nitrogens with zero attached hydrogens (tertiary/aromatic N) is 3. The van der Waals surface area contributed by atoms with E-state index >= 15 is 0 Å². The molecule has 0 fully saturated rings. The Bertz CT molecular complexity index is 651. The third-order valence-corrected chi connectivity index (χ3v) is 3.46. The van der Waals surface area contributed by atoms with Gasteiger partial charge in [0.15, 0.2) is 5.82 Å². The van der Waals surface area contributed by atoms with Crippen molar-refractivity contribution in [3.05, 3.63) is 41.0 Å². The van der Waals surface area contributed by atoms with Crippen LogP contribution in [0.25, 0.3) is 0 Å². The van der Waals surface area contributed by atoms with E-state index in [0.29, 0.717) is 23.8 Å². The lowest BCUT2D eigenvalue weighted by molar-refractivity contribution is 0.0697. The Kier molecular flexibility index (Phi) is 3.14. The van der Waals surface area contributed by atoms with Gasteiger partial charge in [0.05, 0.1) is 12.1 Å². The highest BCUT2D eigenvalue weighted by Crippen LogP contribution is 2.29. The second-order valence-corrected chi connectivity index (χ2v) is 4.78. The first kappa shape index (κ1) is 12.7. The summed E-state index contributed by atoms with van der Waals surface area (Å²) in [6, 6.07) is 5.23. The zero-order valence-electron chi connectivity index (χ0n) is 11.2. The minimum Gasteiger partial charge on any atom is -0.478 e. The van der Waals surface area contributed by atoms with Gasteiger partial charge in [-0.25, -0.2) is 4.79 Å². The van der Waals surface area contributed by atoms with Gasteiger partial charge >= 0.3 is 5.97 Å². The summed E-state index contributed by atoms with van der Waals surface area (Å²) in [5.41, 5.74) is 2.44. The molecule has 0 spiro atoms. The van der Waals surface area contributed by atoms with Crippen LogP contribution in [-0.2, 0) is 19.4 Å². The molecule has 0 aliphatic carbocycles. The number of aromatic nitrogens is 2. The van der Waals surface area contributed by atoms with Crippen LogP contribution in [0.1, 0.15) is 34.6 Å². The maximum Gasteiger partial charge on any atom is 0.335 e. The fourth-order valence-electron chi connectivity index (χ4n) is 2.44. The molecule has 0 atom stereocenters. The van der Waals surface area contributed by atoms with Crippen molar-refractivity contribution in [3.8, 4) is 0 Å². The number of hydrogen-bond donors (Lipinski definition) is 1. The lowest BCUT2D eigenvalue weighted by Crippen LogP contribution is -2.20. The molecule has 6 nitrogen and oxygen atoms in total. The van der Waals surface area contributed by atoms with E-state index in [-0.39, 0.29) is 0 Å². The molecular formula is C14H15N3O3. The maximum atomic E-state index is 11.0. The van der Waals surface area contributed by atoms with Crippen molar-refractivity contribution in [2.24, 2.45) is 0 Å².